The van der Waals surface area contributed by atoms with Crippen molar-refractivity contribution in [2.45, 2.75) is 24.2 Å². The molecular formula is C21H18ClN3O3S. The molecule has 29 heavy (non-hydrogen) atoms. The van der Waals surface area contributed by atoms with Gasteiger partial charge in [0.25, 0.3) is 0 Å². The van der Waals surface area contributed by atoms with E-state index in [4.69, 9.17) is 17.3 Å². The van der Waals surface area contributed by atoms with E-state index in [1.165, 1.54) is 0 Å². The molecule has 8 heteroatoms. The molecule has 0 atom stereocenters. The Labute approximate surface area is 173 Å². The molecule has 148 valence electrons. The maximum atomic E-state index is 12.6. The number of nitrogens with two attached hydrogens (primary N) is 1. The highest BCUT2D eigenvalue weighted by molar-refractivity contribution is 7.91. The number of carbonyl (C=O) groups excluding carboxylic acids is 1. The van der Waals surface area contributed by atoms with Crippen molar-refractivity contribution < 1.29 is 13.2 Å². The Morgan fingerprint density at radius 2 is 1.79 bits per heavy atom. The zero-order chi connectivity index (χ0) is 20.6. The summed E-state index contributed by atoms with van der Waals surface area (Å²) in [5.41, 5.74) is 8.69. The maximum Gasteiger partial charge on any atom is 0.221 e. The standard InChI is InChI=1S/C21H18ClN3O3S/c22-16-3-1-2-15(12-16)21-24-17-8-9-29(27,28)20(17)18(25-21)10-13-4-6-14(7-5-13)11-19(23)26/h1-7,12H,8-11H2,(H2,23,26). The van der Waals surface area contributed by atoms with E-state index in [9.17, 15) is 13.2 Å². The van der Waals surface area contributed by atoms with Crippen LogP contribution < -0.4 is 5.73 Å². The minimum absolute atomic E-state index is 0.0422. The van der Waals surface area contributed by atoms with Gasteiger partial charge in [0.1, 0.15) is 4.90 Å². The lowest BCUT2D eigenvalue weighted by Gasteiger charge is -2.11. The molecule has 1 aliphatic rings. The average Bonchev–Trinajstić information content (AvgIpc) is 2.98. The van der Waals surface area contributed by atoms with E-state index in [-0.39, 0.29) is 17.1 Å². The van der Waals surface area contributed by atoms with Gasteiger partial charge in [0, 0.05) is 23.4 Å². The SMILES string of the molecule is NC(=O)Cc1ccc(Cc2nc(-c3cccc(Cl)c3)nc3c2S(=O)(=O)CC3)cc1. The molecule has 1 aliphatic heterocycles. The molecule has 0 radical (unpaired) electrons. The van der Waals surface area contributed by atoms with Crippen LogP contribution in [-0.4, -0.2) is 30.0 Å². The predicted octanol–water partition coefficient (Wildman–Crippen LogP) is 2.75. The van der Waals surface area contributed by atoms with Crippen LogP contribution in [0.25, 0.3) is 11.4 Å². The number of benzene rings is 2. The molecule has 0 bridgehead atoms. The molecular weight excluding hydrogens is 410 g/mol. The zero-order valence-electron chi connectivity index (χ0n) is 15.4. The molecule has 2 aromatic carbocycles. The van der Waals surface area contributed by atoms with E-state index in [0.717, 1.165) is 16.7 Å². The first-order valence-electron chi connectivity index (χ1n) is 9.06. The molecule has 1 aromatic heterocycles. The second kappa shape index (κ2) is 7.57. The van der Waals surface area contributed by atoms with E-state index < -0.39 is 15.7 Å². The van der Waals surface area contributed by atoms with Gasteiger partial charge in [-0.3, -0.25) is 4.79 Å². The van der Waals surface area contributed by atoms with E-state index in [0.29, 0.717) is 35.1 Å². The van der Waals surface area contributed by atoms with Crippen molar-refractivity contribution >= 4 is 27.3 Å². The summed E-state index contributed by atoms with van der Waals surface area (Å²) >= 11 is 6.09. The summed E-state index contributed by atoms with van der Waals surface area (Å²) in [5.74, 6) is 0.105. The lowest BCUT2D eigenvalue weighted by molar-refractivity contribution is -0.117. The number of hydrogen-bond acceptors (Lipinski definition) is 5. The number of amides is 1. The Morgan fingerprint density at radius 3 is 2.48 bits per heavy atom. The second-order valence-electron chi connectivity index (χ2n) is 6.99. The van der Waals surface area contributed by atoms with Crippen LogP contribution in [0.15, 0.2) is 53.4 Å². The third-order valence-corrected chi connectivity index (χ3v) is 6.85. The van der Waals surface area contributed by atoms with Gasteiger partial charge in [0.2, 0.25) is 5.91 Å². The van der Waals surface area contributed by atoms with Crippen molar-refractivity contribution in [2.75, 3.05) is 5.75 Å². The minimum atomic E-state index is -3.40. The zero-order valence-corrected chi connectivity index (χ0v) is 17.0. The number of rotatable bonds is 5. The second-order valence-corrected chi connectivity index (χ2v) is 9.47. The van der Waals surface area contributed by atoms with Gasteiger partial charge in [-0.25, -0.2) is 18.4 Å². The molecule has 0 fully saturated rings. The number of halogens is 1. The van der Waals surface area contributed by atoms with Crippen LogP contribution in [-0.2, 0) is 33.9 Å². The average molecular weight is 428 g/mol. The minimum Gasteiger partial charge on any atom is -0.369 e. The molecule has 0 unspecified atom stereocenters. The number of primary amides is 1. The molecule has 0 saturated heterocycles. The number of aromatic nitrogens is 2. The summed E-state index contributed by atoms with van der Waals surface area (Å²) in [6.07, 6.45) is 0.878. The molecule has 2 N–H and O–H groups in total. The van der Waals surface area contributed by atoms with Gasteiger partial charge in [-0.1, -0.05) is 48.0 Å². The first kappa shape index (κ1) is 19.5. The van der Waals surface area contributed by atoms with Crippen molar-refractivity contribution in [1.82, 2.24) is 9.97 Å². The van der Waals surface area contributed by atoms with Crippen LogP contribution in [0.4, 0.5) is 0 Å². The fourth-order valence-electron chi connectivity index (χ4n) is 3.46. The van der Waals surface area contributed by atoms with E-state index >= 15 is 0 Å². The quantitative estimate of drug-likeness (QED) is 0.674. The first-order valence-corrected chi connectivity index (χ1v) is 11.1. The summed E-state index contributed by atoms with van der Waals surface area (Å²) in [7, 11) is -3.40. The smallest absolute Gasteiger partial charge is 0.221 e. The number of sulfone groups is 1. The third kappa shape index (κ3) is 4.16. The van der Waals surface area contributed by atoms with E-state index in [1.54, 1.807) is 12.1 Å². The van der Waals surface area contributed by atoms with Crippen LogP contribution in [0.5, 0.6) is 0 Å². The molecule has 1 amide bonds. The summed E-state index contributed by atoms with van der Waals surface area (Å²) in [6, 6.07) is 14.5. The highest BCUT2D eigenvalue weighted by Gasteiger charge is 2.32. The number of nitrogens with zero attached hydrogens (tertiary/aromatic N) is 2. The number of carbonyl (C=O) groups is 1. The summed E-state index contributed by atoms with van der Waals surface area (Å²) in [4.78, 5) is 20.4. The Kier molecular flexibility index (Phi) is 5.10. The van der Waals surface area contributed by atoms with Crippen molar-refractivity contribution in [2.24, 2.45) is 5.73 Å². The lowest BCUT2D eigenvalue weighted by atomic mass is 10.0. The summed E-state index contributed by atoms with van der Waals surface area (Å²) in [6.45, 7) is 0. The summed E-state index contributed by atoms with van der Waals surface area (Å²) < 4.78 is 25.2. The van der Waals surface area contributed by atoms with Gasteiger partial charge in [-0.05, 0) is 23.3 Å². The lowest BCUT2D eigenvalue weighted by Crippen LogP contribution is -2.13. The molecule has 2 heterocycles. The van der Waals surface area contributed by atoms with Crippen molar-refractivity contribution in [3.8, 4) is 11.4 Å². The Morgan fingerprint density at radius 1 is 1.07 bits per heavy atom. The molecule has 3 aromatic rings. The predicted molar refractivity (Wildman–Crippen MR) is 110 cm³/mol. The van der Waals surface area contributed by atoms with Gasteiger partial charge < -0.3 is 5.73 Å². The molecule has 6 nitrogen and oxygen atoms in total. The number of aryl methyl sites for hydroxylation is 1. The Balaban J connectivity index is 1.76. The normalized spacial score (nSPS) is 14.5. The number of hydrogen-bond donors (Lipinski definition) is 1. The third-order valence-electron chi connectivity index (χ3n) is 4.78. The number of fused-ring (bicyclic) bond motifs is 1. The van der Waals surface area contributed by atoms with Crippen molar-refractivity contribution in [3.63, 3.8) is 0 Å². The highest BCUT2D eigenvalue weighted by atomic mass is 35.5. The summed E-state index contributed by atoms with van der Waals surface area (Å²) in [5, 5.41) is 0.561. The highest BCUT2D eigenvalue weighted by Crippen LogP contribution is 2.31. The Hall–Kier alpha value is -2.77. The van der Waals surface area contributed by atoms with Crippen LogP contribution in [0.1, 0.15) is 22.5 Å². The monoisotopic (exact) mass is 427 g/mol. The van der Waals surface area contributed by atoms with Gasteiger partial charge in [0.15, 0.2) is 15.7 Å². The van der Waals surface area contributed by atoms with Gasteiger partial charge in [-0.15, -0.1) is 0 Å². The van der Waals surface area contributed by atoms with Crippen molar-refractivity contribution in [1.29, 1.82) is 0 Å². The fourth-order valence-corrected chi connectivity index (χ4v) is 5.30. The maximum absolute atomic E-state index is 12.6. The Bertz CT molecular complexity index is 1210. The molecule has 0 aliphatic carbocycles. The van der Waals surface area contributed by atoms with Crippen LogP contribution >= 0.6 is 11.6 Å². The first-order chi connectivity index (χ1) is 13.8. The van der Waals surface area contributed by atoms with Gasteiger partial charge >= 0.3 is 0 Å². The fraction of sp³-hybridized carbons (Fsp3) is 0.190. The molecule has 4 rings (SSSR count). The topological polar surface area (TPSA) is 103 Å². The van der Waals surface area contributed by atoms with Crippen LogP contribution in [0.2, 0.25) is 5.02 Å². The van der Waals surface area contributed by atoms with Crippen LogP contribution in [0, 0.1) is 0 Å². The van der Waals surface area contributed by atoms with E-state index in [2.05, 4.69) is 9.97 Å². The van der Waals surface area contributed by atoms with Crippen LogP contribution in [0.3, 0.4) is 0 Å². The molecule has 0 spiro atoms. The van der Waals surface area contributed by atoms with Crippen molar-refractivity contribution in [3.05, 3.63) is 76.1 Å². The van der Waals surface area contributed by atoms with Gasteiger partial charge in [-0.2, -0.15) is 0 Å². The van der Waals surface area contributed by atoms with E-state index in [1.807, 2.05) is 36.4 Å². The molecule has 0 saturated carbocycles. The van der Waals surface area contributed by atoms with Gasteiger partial charge in [0.05, 0.1) is 23.6 Å². The largest absolute Gasteiger partial charge is 0.369 e.